The summed E-state index contributed by atoms with van der Waals surface area (Å²) in [6.45, 7) is 0.774. The van der Waals surface area contributed by atoms with Crippen LogP contribution in [0.5, 0.6) is 0 Å². The molecule has 0 aliphatic carbocycles. The number of rotatable bonds is 4. The van der Waals surface area contributed by atoms with E-state index in [0.29, 0.717) is 13.0 Å². The summed E-state index contributed by atoms with van der Waals surface area (Å²) in [5.41, 5.74) is 2.28. The summed E-state index contributed by atoms with van der Waals surface area (Å²) in [4.78, 5) is 0. The molecule has 1 rings (SSSR count). The molecule has 72 valence electrons. The van der Waals surface area contributed by atoms with Crippen LogP contribution in [0.25, 0.3) is 0 Å². The average Bonchev–Trinajstić information content (AvgIpc) is 2.10. The van der Waals surface area contributed by atoms with Crippen molar-refractivity contribution in [2.24, 2.45) is 0 Å². The van der Waals surface area contributed by atoms with Crippen LogP contribution in [0.3, 0.4) is 0 Å². The van der Waals surface area contributed by atoms with Gasteiger partial charge in [0, 0.05) is 18.2 Å². The topological polar surface area (TPSA) is 29.5 Å². The monoisotopic (exact) mass is 244 g/mol. The van der Waals surface area contributed by atoms with Gasteiger partial charge < -0.3 is 9.84 Å². The standard InChI is InChI=1S/C10H13BrO2/c1-13-7-9-2-3-10(11)6-8(9)4-5-12/h2-3,6,12H,4-5,7H2,1H3. The lowest BCUT2D eigenvalue weighted by molar-refractivity contribution is 0.183. The van der Waals surface area contributed by atoms with Crippen LogP contribution in [-0.2, 0) is 17.8 Å². The van der Waals surface area contributed by atoms with Crippen molar-refractivity contribution in [3.63, 3.8) is 0 Å². The van der Waals surface area contributed by atoms with Crippen LogP contribution in [0.4, 0.5) is 0 Å². The van der Waals surface area contributed by atoms with Crippen molar-refractivity contribution in [1.29, 1.82) is 0 Å². The first kappa shape index (κ1) is 10.7. The molecule has 13 heavy (non-hydrogen) atoms. The highest BCUT2D eigenvalue weighted by Crippen LogP contribution is 2.17. The van der Waals surface area contributed by atoms with Gasteiger partial charge in [-0.1, -0.05) is 22.0 Å². The van der Waals surface area contributed by atoms with Crippen LogP contribution in [0.2, 0.25) is 0 Å². The predicted molar refractivity (Wildman–Crippen MR) is 55.6 cm³/mol. The Morgan fingerprint density at radius 2 is 2.15 bits per heavy atom. The predicted octanol–water partition coefficient (Wildman–Crippen LogP) is 2.13. The third kappa shape index (κ3) is 3.10. The molecule has 0 fully saturated rings. The van der Waals surface area contributed by atoms with Gasteiger partial charge in [0.15, 0.2) is 0 Å². The zero-order valence-electron chi connectivity index (χ0n) is 7.59. The van der Waals surface area contributed by atoms with E-state index in [-0.39, 0.29) is 6.61 Å². The lowest BCUT2D eigenvalue weighted by Gasteiger charge is -2.07. The average molecular weight is 245 g/mol. The van der Waals surface area contributed by atoms with Gasteiger partial charge in [-0.25, -0.2) is 0 Å². The van der Waals surface area contributed by atoms with Crippen molar-refractivity contribution in [1.82, 2.24) is 0 Å². The molecular weight excluding hydrogens is 232 g/mol. The number of hydrogen-bond donors (Lipinski definition) is 1. The number of hydrogen-bond acceptors (Lipinski definition) is 2. The lowest BCUT2D eigenvalue weighted by atomic mass is 10.1. The van der Waals surface area contributed by atoms with E-state index in [1.165, 1.54) is 0 Å². The second kappa shape index (κ2) is 5.37. The second-order valence-electron chi connectivity index (χ2n) is 2.82. The molecule has 0 aromatic heterocycles. The molecule has 0 radical (unpaired) electrons. The van der Waals surface area contributed by atoms with E-state index >= 15 is 0 Å². The Hall–Kier alpha value is -0.380. The van der Waals surface area contributed by atoms with Crippen LogP contribution in [0.15, 0.2) is 22.7 Å². The van der Waals surface area contributed by atoms with E-state index in [2.05, 4.69) is 15.9 Å². The summed E-state index contributed by atoms with van der Waals surface area (Å²) < 4.78 is 6.10. The summed E-state index contributed by atoms with van der Waals surface area (Å²) in [6.07, 6.45) is 0.679. The van der Waals surface area contributed by atoms with Crippen LogP contribution < -0.4 is 0 Å². The van der Waals surface area contributed by atoms with Gasteiger partial charge in [-0.15, -0.1) is 0 Å². The third-order valence-electron chi connectivity index (χ3n) is 1.85. The van der Waals surface area contributed by atoms with Gasteiger partial charge in [-0.05, 0) is 29.7 Å². The van der Waals surface area contributed by atoms with Crippen molar-refractivity contribution in [2.45, 2.75) is 13.0 Å². The molecule has 1 aromatic carbocycles. The molecule has 3 heteroatoms. The summed E-state index contributed by atoms with van der Waals surface area (Å²) in [5.74, 6) is 0. The van der Waals surface area contributed by atoms with Crippen LogP contribution >= 0.6 is 15.9 Å². The number of ether oxygens (including phenoxy) is 1. The Balaban J connectivity index is 2.89. The summed E-state index contributed by atoms with van der Waals surface area (Å²) >= 11 is 3.39. The number of methoxy groups -OCH3 is 1. The van der Waals surface area contributed by atoms with E-state index < -0.39 is 0 Å². The number of halogens is 1. The Kier molecular flexibility index (Phi) is 4.42. The van der Waals surface area contributed by atoms with E-state index in [0.717, 1.165) is 15.6 Å². The first-order valence-electron chi connectivity index (χ1n) is 4.15. The van der Waals surface area contributed by atoms with Gasteiger partial charge in [-0.2, -0.15) is 0 Å². The van der Waals surface area contributed by atoms with E-state index in [1.54, 1.807) is 7.11 Å². The molecule has 1 aromatic rings. The maximum absolute atomic E-state index is 8.85. The molecule has 0 saturated heterocycles. The maximum atomic E-state index is 8.85. The molecule has 0 aliphatic rings. The molecule has 0 spiro atoms. The Morgan fingerprint density at radius 1 is 1.38 bits per heavy atom. The number of aliphatic hydroxyl groups is 1. The molecule has 0 atom stereocenters. The van der Waals surface area contributed by atoms with Gasteiger partial charge in [0.25, 0.3) is 0 Å². The largest absolute Gasteiger partial charge is 0.396 e. The zero-order chi connectivity index (χ0) is 9.68. The van der Waals surface area contributed by atoms with Gasteiger partial charge in [-0.3, -0.25) is 0 Å². The third-order valence-corrected chi connectivity index (χ3v) is 2.34. The Labute approximate surface area is 86.7 Å². The first-order valence-corrected chi connectivity index (χ1v) is 4.94. The summed E-state index contributed by atoms with van der Waals surface area (Å²) in [6, 6.07) is 6.01. The quantitative estimate of drug-likeness (QED) is 0.880. The van der Waals surface area contributed by atoms with Crippen molar-refractivity contribution < 1.29 is 9.84 Å². The molecule has 0 saturated carbocycles. The van der Waals surface area contributed by atoms with Crippen molar-refractivity contribution in [3.05, 3.63) is 33.8 Å². The molecule has 2 nitrogen and oxygen atoms in total. The van der Waals surface area contributed by atoms with Crippen molar-refractivity contribution >= 4 is 15.9 Å². The van der Waals surface area contributed by atoms with Crippen molar-refractivity contribution in [2.75, 3.05) is 13.7 Å². The van der Waals surface area contributed by atoms with Gasteiger partial charge in [0.05, 0.1) is 6.61 Å². The van der Waals surface area contributed by atoms with Gasteiger partial charge >= 0.3 is 0 Å². The fourth-order valence-electron chi connectivity index (χ4n) is 1.24. The molecule has 0 amide bonds. The van der Waals surface area contributed by atoms with Crippen LogP contribution in [0, 0.1) is 0 Å². The minimum atomic E-state index is 0.174. The van der Waals surface area contributed by atoms with Crippen molar-refractivity contribution in [3.8, 4) is 0 Å². The van der Waals surface area contributed by atoms with E-state index in [1.807, 2.05) is 18.2 Å². The molecule has 0 bridgehead atoms. The molecule has 0 aliphatic heterocycles. The molecular formula is C10H13BrO2. The minimum Gasteiger partial charge on any atom is -0.396 e. The SMILES string of the molecule is COCc1ccc(Br)cc1CCO. The highest BCUT2D eigenvalue weighted by molar-refractivity contribution is 9.10. The molecule has 1 N–H and O–H groups in total. The smallest absolute Gasteiger partial charge is 0.0715 e. The second-order valence-corrected chi connectivity index (χ2v) is 3.74. The fourth-order valence-corrected chi connectivity index (χ4v) is 1.65. The molecule has 0 heterocycles. The van der Waals surface area contributed by atoms with Gasteiger partial charge in [0.2, 0.25) is 0 Å². The Bertz CT molecular complexity index is 274. The Morgan fingerprint density at radius 3 is 2.77 bits per heavy atom. The van der Waals surface area contributed by atoms with E-state index in [9.17, 15) is 0 Å². The maximum Gasteiger partial charge on any atom is 0.0715 e. The lowest BCUT2D eigenvalue weighted by Crippen LogP contribution is -1.98. The molecule has 0 unspecified atom stereocenters. The summed E-state index contributed by atoms with van der Waals surface area (Å²) in [5, 5.41) is 8.85. The summed E-state index contributed by atoms with van der Waals surface area (Å²) in [7, 11) is 1.67. The van der Waals surface area contributed by atoms with Gasteiger partial charge in [0.1, 0.15) is 0 Å². The number of aliphatic hydroxyl groups excluding tert-OH is 1. The van der Waals surface area contributed by atoms with Crippen LogP contribution in [-0.4, -0.2) is 18.8 Å². The highest BCUT2D eigenvalue weighted by Gasteiger charge is 2.02. The highest BCUT2D eigenvalue weighted by atomic mass is 79.9. The minimum absolute atomic E-state index is 0.174. The van der Waals surface area contributed by atoms with Crippen LogP contribution in [0.1, 0.15) is 11.1 Å². The first-order chi connectivity index (χ1) is 6.27. The normalized spacial score (nSPS) is 10.4. The fraction of sp³-hybridized carbons (Fsp3) is 0.400. The van der Waals surface area contributed by atoms with E-state index in [4.69, 9.17) is 9.84 Å². The number of benzene rings is 1. The zero-order valence-corrected chi connectivity index (χ0v) is 9.17.